The number of amides is 2. The molecular weight excluding hydrogens is 596 g/mol. The predicted molar refractivity (Wildman–Crippen MR) is 177 cm³/mol. The highest BCUT2D eigenvalue weighted by Crippen LogP contribution is 2.27. The molecule has 4 rings (SSSR count). The second kappa shape index (κ2) is 15.1. The molecule has 0 aromatic heterocycles. The molecular formula is C34H43ClN4O4S. The van der Waals surface area contributed by atoms with E-state index in [0.29, 0.717) is 21.8 Å². The molecule has 1 aliphatic rings. The second-order valence-electron chi connectivity index (χ2n) is 11.7. The van der Waals surface area contributed by atoms with Gasteiger partial charge in [0.1, 0.15) is 12.6 Å². The van der Waals surface area contributed by atoms with Gasteiger partial charge in [0.15, 0.2) is 0 Å². The van der Waals surface area contributed by atoms with E-state index in [1.54, 1.807) is 18.2 Å². The lowest BCUT2D eigenvalue weighted by Crippen LogP contribution is -2.55. The molecule has 0 aliphatic heterocycles. The molecule has 3 aromatic rings. The van der Waals surface area contributed by atoms with Crippen molar-refractivity contribution in [2.24, 2.45) is 0 Å². The molecule has 0 radical (unpaired) electrons. The average Bonchev–Trinajstić information content (AvgIpc) is 3.00. The topological polar surface area (TPSA) is 90.0 Å². The fourth-order valence-electron chi connectivity index (χ4n) is 5.60. The Morgan fingerprint density at radius 2 is 1.59 bits per heavy atom. The van der Waals surface area contributed by atoms with Crippen molar-refractivity contribution in [1.82, 2.24) is 14.5 Å². The summed E-state index contributed by atoms with van der Waals surface area (Å²) < 4.78 is 29.6. The van der Waals surface area contributed by atoms with Crippen LogP contribution < -0.4 is 9.62 Å². The van der Waals surface area contributed by atoms with E-state index in [1.165, 1.54) is 19.0 Å². The summed E-state index contributed by atoms with van der Waals surface area (Å²) in [6.45, 7) is 3.24. The molecule has 0 heterocycles. The number of nitrogens with zero attached hydrogens (tertiary/aromatic N) is 3. The average molecular weight is 639 g/mol. The molecule has 1 saturated carbocycles. The molecule has 0 saturated heterocycles. The third kappa shape index (κ3) is 8.40. The van der Waals surface area contributed by atoms with E-state index in [9.17, 15) is 18.0 Å². The Bertz CT molecular complexity index is 1540. The third-order valence-electron chi connectivity index (χ3n) is 8.17. The molecule has 8 nitrogen and oxygen atoms in total. The lowest BCUT2D eigenvalue weighted by Gasteiger charge is -2.36. The highest BCUT2D eigenvalue weighted by atomic mass is 35.5. The maximum Gasteiger partial charge on any atom is 0.304 e. The van der Waals surface area contributed by atoms with E-state index >= 15 is 0 Å². The van der Waals surface area contributed by atoms with Crippen LogP contribution >= 0.6 is 11.6 Å². The van der Waals surface area contributed by atoms with Crippen molar-refractivity contribution < 1.29 is 18.0 Å². The molecule has 1 atom stereocenters. The van der Waals surface area contributed by atoms with Gasteiger partial charge in [-0.3, -0.25) is 9.59 Å². The van der Waals surface area contributed by atoms with Crippen LogP contribution in [0.15, 0.2) is 72.8 Å². The van der Waals surface area contributed by atoms with Crippen LogP contribution in [0.3, 0.4) is 0 Å². The van der Waals surface area contributed by atoms with Gasteiger partial charge >= 0.3 is 10.2 Å². The number of anilines is 1. The molecule has 0 bridgehead atoms. The smallest absolute Gasteiger partial charge is 0.304 e. The normalized spacial score (nSPS) is 14.7. The van der Waals surface area contributed by atoms with Crippen molar-refractivity contribution in [1.29, 1.82) is 0 Å². The van der Waals surface area contributed by atoms with Gasteiger partial charge in [-0.2, -0.15) is 12.7 Å². The Morgan fingerprint density at radius 3 is 2.25 bits per heavy atom. The highest BCUT2D eigenvalue weighted by molar-refractivity contribution is 7.90. The fraction of sp³-hybridized carbons (Fsp3) is 0.412. The molecule has 1 aliphatic carbocycles. The number of aryl methyl sites for hydroxylation is 2. The number of benzene rings is 3. The predicted octanol–water partition coefficient (Wildman–Crippen LogP) is 5.66. The van der Waals surface area contributed by atoms with E-state index in [0.717, 1.165) is 51.8 Å². The first-order valence-corrected chi connectivity index (χ1v) is 16.9. The van der Waals surface area contributed by atoms with Crippen LogP contribution in [0.4, 0.5) is 5.69 Å². The molecule has 0 unspecified atom stereocenters. The molecule has 3 aromatic carbocycles. The van der Waals surface area contributed by atoms with Crippen LogP contribution in [0.5, 0.6) is 0 Å². The van der Waals surface area contributed by atoms with Gasteiger partial charge in [0, 0.05) is 38.1 Å². The number of halogens is 1. The lowest BCUT2D eigenvalue weighted by molar-refractivity contribution is -0.140. The number of carbonyl (C=O) groups excluding carboxylic acids is 2. The number of hydrogen-bond acceptors (Lipinski definition) is 4. The molecule has 1 fully saturated rings. The van der Waals surface area contributed by atoms with Crippen LogP contribution in [0, 0.1) is 13.8 Å². The number of hydrogen-bond donors (Lipinski definition) is 1. The zero-order valence-electron chi connectivity index (χ0n) is 26.0. The van der Waals surface area contributed by atoms with Gasteiger partial charge < -0.3 is 10.2 Å². The van der Waals surface area contributed by atoms with Gasteiger partial charge in [-0.1, -0.05) is 91.5 Å². The van der Waals surface area contributed by atoms with Crippen molar-refractivity contribution in [3.05, 3.63) is 100 Å². The van der Waals surface area contributed by atoms with Crippen LogP contribution in [0.1, 0.15) is 54.4 Å². The van der Waals surface area contributed by atoms with E-state index in [2.05, 4.69) is 5.32 Å². The van der Waals surface area contributed by atoms with Crippen LogP contribution in [0.25, 0.3) is 0 Å². The van der Waals surface area contributed by atoms with E-state index in [-0.39, 0.29) is 24.9 Å². The molecule has 236 valence electrons. The molecule has 1 N–H and O–H groups in total. The van der Waals surface area contributed by atoms with Gasteiger partial charge in [-0.05, 0) is 61.1 Å². The Balaban J connectivity index is 1.78. The van der Waals surface area contributed by atoms with Gasteiger partial charge in [0.05, 0.1) is 5.69 Å². The first-order valence-electron chi connectivity index (χ1n) is 15.1. The summed E-state index contributed by atoms with van der Waals surface area (Å²) in [4.78, 5) is 30.1. The summed E-state index contributed by atoms with van der Waals surface area (Å²) >= 11 is 6.58. The number of carbonyl (C=O) groups is 2. The minimum atomic E-state index is -4.08. The SMILES string of the molecule is Cc1ccc(C)c(N(CC(=O)N(Cc2ccccc2Cl)[C@H](Cc2ccccc2)C(=O)NC2CCCCC2)S(=O)(=O)N(C)C)c1. The van der Waals surface area contributed by atoms with Crippen molar-refractivity contribution in [3.63, 3.8) is 0 Å². The van der Waals surface area contributed by atoms with Crippen LogP contribution in [-0.4, -0.2) is 62.2 Å². The van der Waals surface area contributed by atoms with Gasteiger partial charge in [-0.15, -0.1) is 0 Å². The largest absolute Gasteiger partial charge is 0.352 e. The Labute approximate surface area is 267 Å². The number of nitrogens with one attached hydrogen (secondary N) is 1. The van der Waals surface area contributed by atoms with E-state index < -0.39 is 28.7 Å². The maximum atomic E-state index is 14.5. The monoisotopic (exact) mass is 638 g/mol. The summed E-state index contributed by atoms with van der Waals surface area (Å²) in [6, 6.07) is 21.4. The summed E-state index contributed by atoms with van der Waals surface area (Å²) in [7, 11) is -1.20. The van der Waals surface area contributed by atoms with Gasteiger partial charge in [0.25, 0.3) is 0 Å². The first kappa shape index (κ1) is 33.5. The minimum absolute atomic E-state index is 0.0346. The highest BCUT2D eigenvalue weighted by Gasteiger charge is 2.36. The van der Waals surface area contributed by atoms with Gasteiger partial charge in [-0.25, -0.2) is 4.31 Å². The van der Waals surface area contributed by atoms with Crippen molar-refractivity contribution in [2.75, 3.05) is 24.9 Å². The Kier molecular flexibility index (Phi) is 11.5. The van der Waals surface area contributed by atoms with E-state index in [4.69, 9.17) is 11.6 Å². The Morgan fingerprint density at radius 1 is 0.932 bits per heavy atom. The van der Waals surface area contributed by atoms with Crippen LogP contribution in [-0.2, 0) is 32.8 Å². The number of rotatable bonds is 12. The quantitative estimate of drug-likeness (QED) is 0.277. The Hall–Kier alpha value is -3.40. The second-order valence-corrected chi connectivity index (χ2v) is 14.2. The van der Waals surface area contributed by atoms with Gasteiger partial charge in [0.2, 0.25) is 11.8 Å². The standard InChI is InChI=1S/C34H43ClN4O4S/c1-25-19-20-26(2)31(21-25)39(44(42,43)37(3)4)24-33(40)38(23-28-15-11-12-18-30(28)35)32(22-27-13-7-5-8-14-27)34(41)36-29-16-9-6-10-17-29/h5,7-8,11-15,18-21,29,32H,6,9-10,16-17,22-24H2,1-4H3,(H,36,41)/t32-/m1/s1. The summed E-state index contributed by atoms with van der Waals surface area (Å²) in [5, 5.41) is 3.68. The maximum absolute atomic E-state index is 14.5. The van der Waals surface area contributed by atoms with E-state index in [1.807, 2.05) is 68.4 Å². The molecule has 10 heteroatoms. The van der Waals surface area contributed by atoms with Crippen molar-refractivity contribution in [2.45, 2.75) is 71.0 Å². The summed E-state index contributed by atoms with van der Waals surface area (Å²) in [6.07, 6.45) is 5.28. The molecule has 44 heavy (non-hydrogen) atoms. The zero-order chi connectivity index (χ0) is 31.9. The van der Waals surface area contributed by atoms with Crippen molar-refractivity contribution >= 4 is 39.3 Å². The fourth-order valence-corrected chi connectivity index (χ4v) is 6.91. The van der Waals surface area contributed by atoms with Crippen LogP contribution in [0.2, 0.25) is 5.02 Å². The molecule has 0 spiro atoms. The molecule has 2 amide bonds. The zero-order valence-corrected chi connectivity index (χ0v) is 27.6. The third-order valence-corrected chi connectivity index (χ3v) is 10.3. The summed E-state index contributed by atoms with van der Waals surface area (Å²) in [5.41, 5.74) is 3.54. The summed E-state index contributed by atoms with van der Waals surface area (Å²) in [5.74, 6) is -0.758. The minimum Gasteiger partial charge on any atom is -0.352 e. The first-order chi connectivity index (χ1) is 21.0. The van der Waals surface area contributed by atoms with Crippen molar-refractivity contribution in [3.8, 4) is 0 Å². The lowest BCUT2D eigenvalue weighted by atomic mass is 9.94.